The summed E-state index contributed by atoms with van der Waals surface area (Å²) in [5.74, 6) is 0. The maximum absolute atomic E-state index is 5.70. The highest BCUT2D eigenvalue weighted by molar-refractivity contribution is 6.40. The highest BCUT2D eigenvalue weighted by atomic mass is 35.5. The van der Waals surface area contributed by atoms with Crippen LogP contribution < -0.4 is 10.7 Å². The summed E-state index contributed by atoms with van der Waals surface area (Å²) in [7, 11) is 0. The summed E-state index contributed by atoms with van der Waals surface area (Å²) in [6.45, 7) is 5.43. The van der Waals surface area contributed by atoms with Gasteiger partial charge in [0.25, 0.3) is 0 Å². The molecule has 0 bridgehead atoms. The molecule has 1 aromatic heterocycles. The smallest absolute Gasteiger partial charge is 0.167 e. The molecule has 0 aliphatic heterocycles. The van der Waals surface area contributed by atoms with Crippen molar-refractivity contribution >= 4 is 35.4 Å². The van der Waals surface area contributed by atoms with Crippen LogP contribution in [0, 0.1) is 0 Å². The van der Waals surface area contributed by atoms with Crippen LogP contribution in [0.4, 0.5) is 0 Å². The lowest BCUT2D eigenvalue weighted by atomic mass is 10.4. The molecule has 68 valence electrons. The van der Waals surface area contributed by atoms with Crippen molar-refractivity contribution in [3.05, 3.63) is 33.7 Å². The summed E-state index contributed by atoms with van der Waals surface area (Å²) in [6.07, 6.45) is 5.16. The summed E-state index contributed by atoms with van der Waals surface area (Å²) in [6, 6.07) is 0. The van der Waals surface area contributed by atoms with Crippen molar-refractivity contribution in [2.45, 2.75) is 6.92 Å². The third kappa shape index (κ3) is 2.29. The van der Waals surface area contributed by atoms with Crippen LogP contribution in [0.5, 0.6) is 0 Å². The first-order chi connectivity index (χ1) is 6.19. The molecular weight excluding hydrogens is 207 g/mol. The Morgan fingerprint density at radius 1 is 1.15 bits per heavy atom. The van der Waals surface area contributed by atoms with Gasteiger partial charge in [-0.1, -0.05) is 41.9 Å². The van der Waals surface area contributed by atoms with Gasteiger partial charge in [0, 0.05) is 0 Å². The van der Waals surface area contributed by atoms with Gasteiger partial charge in [-0.3, -0.25) is 0 Å². The molecule has 1 heterocycles. The fourth-order valence-electron chi connectivity index (χ4n) is 0.865. The highest BCUT2D eigenvalue weighted by Gasteiger charge is 1.99. The summed E-state index contributed by atoms with van der Waals surface area (Å²) >= 11 is 11.4. The van der Waals surface area contributed by atoms with Crippen molar-refractivity contribution in [2.24, 2.45) is 0 Å². The SMILES string of the molecule is C=C/C=c1/nc(Cl)c(Cl)n/c1=C/C. The van der Waals surface area contributed by atoms with E-state index in [2.05, 4.69) is 16.5 Å². The quantitative estimate of drug-likeness (QED) is 0.710. The minimum absolute atomic E-state index is 0.209. The molecule has 0 aliphatic rings. The summed E-state index contributed by atoms with van der Waals surface area (Å²) in [5, 5.41) is 1.80. The normalized spacial score (nSPS) is 13.5. The molecule has 0 saturated carbocycles. The van der Waals surface area contributed by atoms with E-state index >= 15 is 0 Å². The van der Waals surface area contributed by atoms with E-state index in [1.54, 1.807) is 12.2 Å². The van der Waals surface area contributed by atoms with E-state index in [-0.39, 0.29) is 10.3 Å². The van der Waals surface area contributed by atoms with Crippen LogP contribution in [-0.2, 0) is 0 Å². The molecule has 0 amide bonds. The van der Waals surface area contributed by atoms with Crippen LogP contribution >= 0.6 is 23.2 Å². The van der Waals surface area contributed by atoms with Crippen molar-refractivity contribution < 1.29 is 0 Å². The minimum atomic E-state index is 0.209. The fraction of sp³-hybridized carbons (Fsp3) is 0.111. The van der Waals surface area contributed by atoms with E-state index in [1.807, 2.05) is 13.0 Å². The first-order valence-electron chi connectivity index (χ1n) is 3.67. The molecule has 0 spiro atoms. The van der Waals surface area contributed by atoms with Gasteiger partial charge in [0.05, 0.1) is 10.7 Å². The number of nitrogens with zero attached hydrogens (tertiary/aromatic N) is 2. The highest BCUT2D eigenvalue weighted by Crippen LogP contribution is 2.10. The van der Waals surface area contributed by atoms with E-state index in [1.165, 1.54) is 0 Å². The van der Waals surface area contributed by atoms with Crippen molar-refractivity contribution in [1.82, 2.24) is 9.97 Å². The number of hydrogen-bond acceptors (Lipinski definition) is 2. The van der Waals surface area contributed by atoms with Gasteiger partial charge < -0.3 is 0 Å². The summed E-state index contributed by atoms with van der Waals surface area (Å²) in [5.41, 5.74) is 0. The minimum Gasteiger partial charge on any atom is -0.232 e. The van der Waals surface area contributed by atoms with Crippen LogP contribution in [0.15, 0.2) is 12.7 Å². The average Bonchev–Trinajstić information content (AvgIpc) is 2.11. The largest absolute Gasteiger partial charge is 0.232 e. The zero-order chi connectivity index (χ0) is 9.84. The Morgan fingerprint density at radius 3 is 2.15 bits per heavy atom. The molecule has 0 fully saturated rings. The van der Waals surface area contributed by atoms with E-state index in [9.17, 15) is 0 Å². The first-order valence-corrected chi connectivity index (χ1v) is 4.42. The molecular formula is C9H8Cl2N2. The Kier molecular flexibility index (Phi) is 3.46. The van der Waals surface area contributed by atoms with Crippen LogP contribution in [-0.4, -0.2) is 9.97 Å². The van der Waals surface area contributed by atoms with E-state index in [4.69, 9.17) is 23.2 Å². The van der Waals surface area contributed by atoms with Crippen molar-refractivity contribution in [2.75, 3.05) is 0 Å². The van der Waals surface area contributed by atoms with Crippen molar-refractivity contribution in [1.29, 1.82) is 0 Å². The molecule has 0 atom stereocenters. The maximum Gasteiger partial charge on any atom is 0.167 e. The second kappa shape index (κ2) is 4.40. The number of rotatable bonds is 1. The summed E-state index contributed by atoms with van der Waals surface area (Å²) < 4.78 is 0. The van der Waals surface area contributed by atoms with Gasteiger partial charge in [-0.2, -0.15) is 0 Å². The van der Waals surface area contributed by atoms with Gasteiger partial charge in [-0.25, -0.2) is 9.97 Å². The van der Waals surface area contributed by atoms with Gasteiger partial charge in [0.2, 0.25) is 0 Å². The molecule has 0 saturated heterocycles. The Balaban J connectivity index is 3.62. The second-order valence-corrected chi connectivity index (χ2v) is 2.98. The molecule has 0 aromatic carbocycles. The van der Waals surface area contributed by atoms with Crippen LogP contribution in [0.2, 0.25) is 10.3 Å². The van der Waals surface area contributed by atoms with E-state index in [0.717, 1.165) is 0 Å². The Morgan fingerprint density at radius 2 is 1.69 bits per heavy atom. The number of hydrogen-bond donors (Lipinski definition) is 0. The standard InChI is InChI=1S/C9H8Cl2N2/c1-3-5-7-6(4-2)12-8(10)9(11)13-7/h3-5H,1H2,2H3/b6-4+,7-5+. The Bertz CT molecular complexity index is 438. The molecule has 13 heavy (non-hydrogen) atoms. The third-order valence-corrected chi connectivity index (χ3v) is 2.04. The van der Waals surface area contributed by atoms with Crippen molar-refractivity contribution in [3.8, 4) is 0 Å². The lowest BCUT2D eigenvalue weighted by Crippen LogP contribution is -2.31. The predicted molar refractivity (Wildman–Crippen MR) is 56.1 cm³/mol. The summed E-state index contributed by atoms with van der Waals surface area (Å²) in [4.78, 5) is 8.09. The number of aromatic nitrogens is 2. The molecule has 0 radical (unpaired) electrons. The molecule has 0 unspecified atom stereocenters. The Labute approximate surface area is 86.2 Å². The van der Waals surface area contributed by atoms with Gasteiger partial charge in [0.1, 0.15) is 0 Å². The van der Waals surface area contributed by atoms with Gasteiger partial charge in [-0.15, -0.1) is 0 Å². The van der Waals surface area contributed by atoms with Crippen LogP contribution in [0.1, 0.15) is 6.92 Å². The predicted octanol–water partition coefficient (Wildman–Crippen LogP) is 1.55. The molecule has 1 aromatic rings. The Hall–Kier alpha value is -0.860. The van der Waals surface area contributed by atoms with E-state index in [0.29, 0.717) is 10.7 Å². The topological polar surface area (TPSA) is 25.8 Å². The molecule has 2 nitrogen and oxygen atoms in total. The lowest BCUT2D eigenvalue weighted by Gasteiger charge is -1.93. The molecule has 4 heteroatoms. The fourth-order valence-corrected chi connectivity index (χ4v) is 1.13. The monoisotopic (exact) mass is 214 g/mol. The van der Waals surface area contributed by atoms with Gasteiger partial charge >= 0.3 is 0 Å². The van der Waals surface area contributed by atoms with Crippen molar-refractivity contribution in [3.63, 3.8) is 0 Å². The lowest BCUT2D eigenvalue weighted by molar-refractivity contribution is 1.10. The molecule has 1 rings (SSSR count). The molecule has 0 aliphatic carbocycles. The zero-order valence-electron chi connectivity index (χ0n) is 7.09. The van der Waals surface area contributed by atoms with E-state index < -0.39 is 0 Å². The third-order valence-electron chi connectivity index (χ3n) is 1.42. The second-order valence-electron chi connectivity index (χ2n) is 2.27. The van der Waals surface area contributed by atoms with Gasteiger partial charge in [0.15, 0.2) is 10.3 Å². The maximum atomic E-state index is 5.70. The number of allylic oxidation sites excluding steroid dienone is 1. The van der Waals surface area contributed by atoms with Gasteiger partial charge in [-0.05, 0) is 13.0 Å². The van der Waals surface area contributed by atoms with Crippen LogP contribution in [0.3, 0.4) is 0 Å². The number of halogens is 2. The molecule has 0 N–H and O–H groups in total. The zero-order valence-corrected chi connectivity index (χ0v) is 8.60. The first kappa shape index (κ1) is 10.2. The average molecular weight is 215 g/mol. The van der Waals surface area contributed by atoms with Crippen LogP contribution in [0.25, 0.3) is 12.2 Å².